The number of ketones is 1. The molecule has 0 aromatic heterocycles. The number of Topliss-reactive ketones (excluding diaryl/α,β-unsaturated/α-hetero) is 1. The number of benzene rings is 1. The van der Waals surface area contributed by atoms with Crippen molar-refractivity contribution >= 4 is 5.78 Å². The first kappa shape index (κ1) is 11.8. The van der Waals surface area contributed by atoms with Crippen LogP contribution in [0.5, 0.6) is 0 Å². The maximum atomic E-state index is 13.5. The Kier molecular flexibility index (Phi) is 2.68. The fourth-order valence-electron chi connectivity index (χ4n) is 3.33. The van der Waals surface area contributed by atoms with Gasteiger partial charge in [-0.15, -0.1) is 0 Å². The minimum absolute atomic E-state index is 0.248. The number of carbonyl (C=O) groups is 1. The summed E-state index contributed by atoms with van der Waals surface area (Å²) in [5.74, 6) is -3.31. The van der Waals surface area contributed by atoms with Crippen LogP contribution in [0.15, 0.2) is 12.1 Å². The molecule has 2 saturated carbocycles. The first-order chi connectivity index (χ1) is 8.59. The average molecular weight is 254 g/mol. The summed E-state index contributed by atoms with van der Waals surface area (Å²) in [5, 5.41) is 0. The molecule has 1 nitrogen and oxygen atoms in total. The maximum absolute atomic E-state index is 13.5. The van der Waals surface area contributed by atoms with Crippen molar-refractivity contribution in [3.8, 4) is 0 Å². The minimum Gasteiger partial charge on any atom is -0.294 e. The standard InChI is InChI=1S/C14H13F3O/c15-7-5-10(16)13(11(17)6-7)14(18)12-8-3-1-2-4-9(8)12/h5-6,8-9,12H,1-4H2. The van der Waals surface area contributed by atoms with E-state index in [1.807, 2.05) is 0 Å². The SMILES string of the molecule is O=C(c1c(F)cc(F)cc1F)C1C2CCCCC21. The van der Waals surface area contributed by atoms with Gasteiger partial charge in [0.2, 0.25) is 0 Å². The van der Waals surface area contributed by atoms with Gasteiger partial charge in [-0.2, -0.15) is 0 Å². The number of hydrogen-bond donors (Lipinski definition) is 0. The third-order valence-corrected chi connectivity index (χ3v) is 4.21. The Labute approximate surface area is 103 Å². The summed E-state index contributed by atoms with van der Waals surface area (Å²) in [5.41, 5.74) is -0.559. The van der Waals surface area contributed by atoms with Crippen LogP contribution >= 0.6 is 0 Å². The van der Waals surface area contributed by atoms with Gasteiger partial charge in [-0.05, 0) is 24.7 Å². The fraction of sp³-hybridized carbons (Fsp3) is 0.500. The van der Waals surface area contributed by atoms with E-state index in [0.717, 1.165) is 25.7 Å². The van der Waals surface area contributed by atoms with E-state index in [-0.39, 0.29) is 17.8 Å². The molecule has 0 radical (unpaired) electrons. The van der Waals surface area contributed by atoms with Gasteiger partial charge in [-0.25, -0.2) is 13.2 Å². The van der Waals surface area contributed by atoms with E-state index >= 15 is 0 Å². The number of fused-ring (bicyclic) bond motifs is 1. The van der Waals surface area contributed by atoms with Crippen LogP contribution in [-0.4, -0.2) is 5.78 Å². The summed E-state index contributed by atoms with van der Waals surface area (Å²) in [7, 11) is 0. The van der Waals surface area contributed by atoms with Gasteiger partial charge in [0.05, 0.1) is 5.56 Å². The van der Waals surface area contributed by atoms with Crippen molar-refractivity contribution in [1.29, 1.82) is 0 Å². The molecule has 0 bridgehead atoms. The van der Waals surface area contributed by atoms with Crippen LogP contribution in [0.25, 0.3) is 0 Å². The van der Waals surface area contributed by atoms with Crippen LogP contribution < -0.4 is 0 Å². The summed E-state index contributed by atoms with van der Waals surface area (Å²) in [6.07, 6.45) is 4.09. The monoisotopic (exact) mass is 254 g/mol. The van der Waals surface area contributed by atoms with Gasteiger partial charge in [0.15, 0.2) is 5.78 Å². The molecule has 1 aromatic rings. The topological polar surface area (TPSA) is 17.1 Å². The Bertz CT molecular complexity index is 477. The fourth-order valence-corrected chi connectivity index (χ4v) is 3.33. The Morgan fingerprint density at radius 1 is 1.00 bits per heavy atom. The highest BCUT2D eigenvalue weighted by molar-refractivity contribution is 6.00. The quantitative estimate of drug-likeness (QED) is 0.735. The highest BCUT2D eigenvalue weighted by atomic mass is 19.1. The Morgan fingerprint density at radius 3 is 2.00 bits per heavy atom. The number of carbonyl (C=O) groups excluding carboxylic acids is 1. The van der Waals surface area contributed by atoms with Crippen LogP contribution in [0.2, 0.25) is 0 Å². The minimum atomic E-state index is -1.08. The van der Waals surface area contributed by atoms with Gasteiger partial charge in [-0.1, -0.05) is 12.8 Å². The number of halogens is 3. The lowest BCUT2D eigenvalue weighted by Gasteiger charge is -2.04. The van der Waals surface area contributed by atoms with E-state index in [9.17, 15) is 18.0 Å². The first-order valence-electron chi connectivity index (χ1n) is 6.28. The second-order valence-corrected chi connectivity index (χ2v) is 5.25. The normalized spacial score (nSPS) is 29.8. The second kappa shape index (κ2) is 4.11. The van der Waals surface area contributed by atoms with Crippen molar-refractivity contribution in [1.82, 2.24) is 0 Å². The number of hydrogen-bond acceptors (Lipinski definition) is 1. The molecule has 2 aliphatic carbocycles. The van der Waals surface area contributed by atoms with Crippen LogP contribution in [0.1, 0.15) is 36.0 Å². The maximum Gasteiger partial charge on any atom is 0.172 e. The molecule has 2 unspecified atom stereocenters. The molecule has 4 heteroatoms. The predicted octanol–water partition coefficient (Wildman–Crippen LogP) is 3.72. The van der Waals surface area contributed by atoms with Gasteiger partial charge in [0.1, 0.15) is 17.5 Å². The van der Waals surface area contributed by atoms with Crippen molar-refractivity contribution < 1.29 is 18.0 Å². The highest BCUT2D eigenvalue weighted by Crippen LogP contribution is 2.56. The largest absolute Gasteiger partial charge is 0.294 e. The summed E-state index contributed by atoms with van der Waals surface area (Å²) in [6, 6.07) is 1.14. The van der Waals surface area contributed by atoms with Crippen LogP contribution in [0.4, 0.5) is 13.2 Å². The smallest absolute Gasteiger partial charge is 0.172 e. The molecule has 2 aliphatic rings. The summed E-state index contributed by atoms with van der Waals surface area (Å²) < 4.78 is 39.8. The van der Waals surface area contributed by atoms with E-state index in [1.54, 1.807) is 0 Å². The van der Waals surface area contributed by atoms with Crippen molar-refractivity contribution in [2.75, 3.05) is 0 Å². The molecule has 18 heavy (non-hydrogen) atoms. The van der Waals surface area contributed by atoms with Crippen molar-refractivity contribution in [2.45, 2.75) is 25.7 Å². The molecule has 96 valence electrons. The second-order valence-electron chi connectivity index (χ2n) is 5.25. The molecule has 0 saturated heterocycles. The summed E-state index contributed by atoms with van der Waals surface area (Å²) in [6.45, 7) is 0. The molecule has 0 heterocycles. The van der Waals surface area contributed by atoms with Gasteiger partial charge in [0, 0.05) is 18.1 Å². The van der Waals surface area contributed by atoms with Gasteiger partial charge >= 0.3 is 0 Å². The summed E-state index contributed by atoms with van der Waals surface area (Å²) in [4.78, 5) is 12.1. The van der Waals surface area contributed by atoms with Crippen LogP contribution in [0, 0.1) is 35.2 Å². The average Bonchev–Trinajstić information content (AvgIpc) is 3.01. The van der Waals surface area contributed by atoms with Crippen molar-refractivity contribution in [3.05, 3.63) is 35.1 Å². The molecule has 2 atom stereocenters. The predicted molar refractivity (Wildman–Crippen MR) is 59.6 cm³/mol. The molecule has 0 amide bonds. The van der Waals surface area contributed by atoms with E-state index in [0.29, 0.717) is 12.1 Å². The molecule has 3 rings (SSSR count). The van der Waals surface area contributed by atoms with Gasteiger partial charge < -0.3 is 0 Å². The van der Waals surface area contributed by atoms with E-state index in [1.165, 1.54) is 0 Å². The molecule has 0 aliphatic heterocycles. The lowest BCUT2D eigenvalue weighted by atomic mass is 10.0. The van der Waals surface area contributed by atoms with E-state index in [2.05, 4.69) is 0 Å². The van der Waals surface area contributed by atoms with E-state index < -0.39 is 28.8 Å². The molecular formula is C14H13F3O. The summed E-state index contributed by atoms with van der Waals surface area (Å²) >= 11 is 0. The molecule has 0 N–H and O–H groups in total. The molecule has 0 spiro atoms. The third kappa shape index (κ3) is 1.74. The molecule has 1 aromatic carbocycles. The number of rotatable bonds is 2. The molecular weight excluding hydrogens is 241 g/mol. The van der Waals surface area contributed by atoms with Crippen LogP contribution in [-0.2, 0) is 0 Å². The van der Waals surface area contributed by atoms with Gasteiger partial charge in [-0.3, -0.25) is 4.79 Å². The zero-order chi connectivity index (χ0) is 12.9. The Balaban J connectivity index is 1.90. The first-order valence-corrected chi connectivity index (χ1v) is 6.28. The lowest BCUT2D eigenvalue weighted by molar-refractivity contribution is 0.0948. The molecule has 2 fully saturated rings. The Morgan fingerprint density at radius 2 is 1.50 bits per heavy atom. The Hall–Kier alpha value is -1.32. The van der Waals surface area contributed by atoms with Crippen molar-refractivity contribution in [3.63, 3.8) is 0 Å². The van der Waals surface area contributed by atoms with Gasteiger partial charge in [0.25, 0.3) is 0 Å². The van der Waals surface area contributed by atoms with Crippen molar-refractivity contribution in [2.24, 2.45) is 17.8 Å². The third-order valence-electron chi connectivity index (χ3n) is 4.21. The van der Waals surface area contributed by atoms with E-state index in [4.69, 9.17) is 0 Å². The lowest BCUT2D eigenvalue weighted by Crippen LogP contribution is -2.10. The van der Waals surface area contributed by atoms with Crippen LogP contribution in [0.3, 0.4) is 0 Å². The highest BCUT2D eigenvalue weighted by Gasteiger charge is 2.55. The zero-order valence-corrected chi connectivity index (χ0v) is 9.76. The zero-order valence-electron chi connectivity index (χ0n) is 9.76.